The summed E-state index contributed by atoms with van der Waals surface area (Å²) in [6, 6.07) is 81.9. The van der Waals surface area contributed by atoms with Crippen LogP contribution < -0.4 is 4.90 Å². The van der Waals surface area contributed by atoms with E-state index < -0.39 is 0 Å². The average Bonchev–Trinajstić information content (AvgIpc) is 3.70. The minimum Gasteiger partial charge on any atom is -0.310 e. The molecule has 0 aliphatic heterocycles. The zero-order chi connectivity index (χ0) is 38.4. The number of fused-ring (bicyclic) bond motifs is 6. The van der Waals surface area contributed by atoms with Crippen LogP contribution in [0.3, 0.4) is 0 Å². The van der Waals surface area contributed by atoms with Crippen LogP contribution >= 0.6 is 11.3 Å². The van der Waals surface area contributed by atoms with Gasteiger partial charge in [-0.2, -0.15) is 0 Å². The molecule has 2 heteroatoms. The summed E-state index contributed by atoms with van der Waals surface area (Å²) in [4.78, 5) is 2.46. The van der Waals surface area contributed by atoms with Gasteiger partial charge in [-0.3, -0.25) is 0 Å². The van der Waals surface area contributed by atoms with E-state index in [9.17, 15) is 0 Å². The van der Waals surface area contributed by atoms with Crippen LogP contribution in [0.2, 0.25) is 0 Å². The molecule has 1 aromatic heterocycles. The first-order valence-corrected chi connectivity index (χ1v) is 20.7. The van der Waals surface area contributed by atoms with Gasteiger partial charge in [-0.15, -0.1) is 11.3 Å². The van der Waals surface area contributed by atoms with E-state index in [2.05, 4.69) is 229 Å². The average molecular weight is 756 g/mol. The zero-order valence-corrected chi connectivity index (χ0v) is 32.5. The molecular weight excluding hydrogens is 719 g/mol. The third-order valence-corrected chi connectivity index (χ3v) is 12.6. The summed E-state index contributed by atoms with van der Waals surface area (Å²) in [6.07, 6.45) is 0. The van der Waals surface area contributed by atoms with Gasteiger partial charge in [0.25, 0.3) is 0 Å². The molecule has 0 N–H and O–H groups in total. The Morgan fingerprint density at radius 3 is 1.57 bits per heavy atom. The Morgan fingerprint density at radius 1 is 0.293 bits per heavy atom. The van der Waals surface area contributed by atoms with Gasteiger partial charge in [0.1, 0.15) is 0 Å². The lowest BCUT2D eigenvalue weighted by atomic mass is 9.91. The molecule has 11 rings (SSSR count). The summed E-state index contributed by atoms with van der Waals surface area (Å²) in [7, 11) is 0. The lowest BCUT2D eigenvalue weighted by Crippen LogP contribution is -2.10. The van der Waals surface area contributed by atoms with Crippen LogP contribution in [0.4, 0.5) is 17.1 Å². The van der Waals surface area contributed by atoms with Crippen molar-refractivity contribution in [1.29, 1.82) is 0 Å². The maximum absolute atomic E-state index is 2.46. The molecule has 10 aromatic carbocycles. The van der Waals surface area contributed by atoms with Crippen molar-refractivity contribution in [3.8, 4) is 44.5 Å². The maximum atomic E-state index is 2.46. The summed E-state index contributed by atoms with van der Waals surface area (Å²) < 4.78 is 2.58. The summed E-state index contributed by atoms with van der Waals surface area (Å²) in [5, 5.41) is 7.64. The molecule has 0 amide bonds. The lowest BCUT2D eigenvalue weighted by Gasteiger charge is -2.27. The molecular formula is C56H37NS. The molecule has 0 saturated carbocycles. The SMILES string of the molecule is c1ccc(-c2ccc(-c3cccc(N(c4ccc(-c5cccc6cccc(-c7ccccc7)c56)cc4)c4cccc5sc6ccc7ccccc7c6c45)c3)cc2)cc1. The van der Waals surface area contributed by atoms with E-state index in [0.717, 1.165) is 11.4 Å². The molecule has 0 aliphatic carbocycles. The van der Waals surface area contributed by atoms with E-state index in [0.29, 0.717) is 0 Å². The quantitative estimate of drug-likeness (QED) is 0.157. The number of hydrogen-bond donors (Lipinski definition) is 0. The van der Waals surface area contributed by atoms with E-state index >= 15 is 0 Å². The highest BCUT2D eigenvalue weighted by atomic mass is 32.1. The van der Waals surface area contributed by atoms with Crippen molar-refractivity contribution in [3.05, 3.63) is 224 Å². The Kier molecular flexibility index (Phi) is 8.42. The van der Waals surface area contributed by atoms with Crippen molar-refractivity contribution in [2.75, 3.05) is 4.90 Å². The third kappa shape index (κ3) is 5.94. The normalized spacial score (nSPS) is 11.4. The maximum Gasteiger partial charge on any atom is 0.0555 e. The Balaban J connectivity index is 1.09. The summed E-state index contributed by atoms with van der Waals surface area (Å²) in [5.41, 5.74) is 13.1. The smallest absolute Gasteiger partial charge is 0.0555 e. The van der Waals surface area contributed by atoms with Gasteiger partial charge in [-0.1, -0.05) is 182 Å². The lowest BCUT2D eigenvalue weighted by molar-refractivity contribution is 1.30. The third-order valence-electron chi connectivity index (χ3n) is 11.5. The van der Waals surface area contributed by atoms with Crippen molar-refractivity contribution in [1.82, 2.24) is 0 Å². The molecule has 0 spiro atoms. The number of rotatable bonds is 7. The van der Waals surface area contributed by atoms with Crippen LogP contribution in [0.25, 0.3) is 86.2 Å². The molecule has 1 heterocycles. The highest BCUT2D eigenvalue weighted by molar-refractivity contribution is 7.26. The van der Waals surface area contributed by atoms with E-state index in [1.807, 2.05) is 11.3 Å². The molecule has 0 unspecified atom stereocenters. The van der Waals surface area contributed by atoms with Crippen LogP contribution in [0.1, 0.15) is 0 Å². The number of benzene rings is 10. The van der Waals surface area contributed by atoms with Gasteiger partial charge in [-0.05, 0) is 109 Å². The second-order valence-electron chi connectivity index (χ2n) is 14.9. The monoisotopic (exact) mass is 755 g/mol. The Hall–Kier alpha value is -7.26. The van der Waals surface area contributed by atoms with Gasteiger partial charge >= 0.3 is 0 Å². The standard InChI is InChI=1S/C56H37NS/c1-3-13-38(14-4-1)39-27-29-40(30-28-39)45-20-9-21-47(37-45)57(51-25-12-26-52-56(51)55-50-22-8-7-17-42(50)33-36-53(55)58-52)46-34-31-43(32-35-46)49-24-11-19-44-18-10-23-48(54(44)49)41-15-5-2-6-16-41/h1-37H. The van der Waals surface area contributed by atoms with Crippen LogP contribution in [0, 0.1) is 0 Å². The molecule has 1 nitrogen and oxygen atoms in total. The summed E-state index contributed by atoms with van der Waals surface area (Å²) in [5.74, 6) is 0. The molecule has 0 fully saturated rings. The second-order valence-corrected chi connectivity index (χ2v) is 15.9. The van der Waals surface area contributed by atoms with Gasteiger partial charge in [0, 0.05) is 31.5 Å². The number of hydrogen-bond acceptors (Lipinski definition) is 2. The van der Waals surface area contributed by atoms with Gasteiger partial charge in [0.05, 0.1) is 5.69 Å². The summed E-state index contributed by atoms with van der Waals surface area (Å²) in [6.45, 7) is 0. The topological polar surface area (TPSA) is 3.24 Å². The molecule has 0 saturated heterocycles. The van der Waals surface area contributed by atoms with Crippen molar-refractivity contribution in [2.24, 2.45) is 0 Å². The fourth-order valence-electron chi connectivity index (χ4n) is 8.72. The molecule has 11 aromatic rings. The first-order chi connectivity index (χ1) is 28.8. The Morgan fingerprint density at radius 2 is 0.828 bits per heavy atom. The molecule has 0 radical (unpaired) electrons. The highest BCUT2D eigenvalue weighted by Gasteiger charge is 2.21. The Bertz CT molecular complexity index is 3250. The van der Waals surface area contributed by atoms with Crippen molar-refractivity contribution in [3.63, 3.8) is 0 Å². The van der Waals surface area contributed by atoms with Gasteiger partial charge < -0.3 is 4.90 Å². The van der Waals surface area contributed by atoms with E-state index in [4.69, 9.17) is 0 Å². The predicted octanol–water partition coefficient (Wildman–Crippen LogP) is 16.5. The van der Waals surface area contributed by atoms with Crippen molar-refractivity contribution in [2.45, 2.75) is 0 Å². The predicted molar refractivity (Wildman–Crippen MR) is 251 cm³/mol. The van der Waals surface area contributed by atoms with Crippen LogP contribution in [0.5, 0.6) is 0 Å². The van der Waals surface area contributed by atoms with Crippen LogP contribution in [-0.2, 0) is 0 Å². The number of thiophene rings is 1. The summed E-state index contributed by atoms with van der Waals surface area (Å²) >= 11 is 1.87. The second kappa shape index (κ2) is 14.4. The fourth-order valence-corrected chi connectivity index (χ4v) is 9.86. The number of anilines is 3. The first kappa shape index (κ1) is 34.0. The molecule has 0 atom stereocenters. The minimum absolute atomic E-state index is 1.11. The minimum atomic E-state index is 1.11. The fraction of sp³-hybridized carbons (Fsp3) is 0. The molecule has 272 valence electrons. The van der Waals surface area contributed by atoms with Gasteiger partial charge in [0.2, 0.25) is 0 Å². The van der Waals surface area contributed by atoms with E-state index in [-0.39, 0.29) is 0 Å². The van der Waals surface area contributed by atoms with E-state index in [1.54, 1.807) is 0 Å². The largest absolute Gasteiger partial charge is 0.310 e. The van der Waals surface area contributed by atoms with Crippen molar-refractivity contribution >= 4 is 70.1 Å². The van der Waals surface area contributed by atoms with Crippen LogP contribution in [0.15, 0.2) is 224 Å². The van der Waals surface area contributed by atoms with Crippen molar-refractivity contribution < 1.29 is 0 Å². The zero-order valence-electron chi connectivity index (χ0n) is 31.7. The molecule has 58 heavy (non-hydrogen) atoms. The molecule has 0 bridgehead atoms. The van der Waals surface area contributed by atoms with Gasteiger partial charge in [-0.25, -0.2) is 0 Å². The molecule has 0 aliphatic rings. The highest BCUT2D eigenvalue weighted by Crippen LogP contribution is 2.48. The van der Waals surface area contributed by atoms with Crippen LogP contribution in [-0.4, -0.2) is 0 Å². The first-order valence-electron chi connectivity index (χ1n) is 19.8. The Labute approximate surface area is 342 Å². The van der Waals surface area contributed by atoms with E-state index in [1.165, 1.54) is 91.9 Å². The number of nitrogens with zero attached hydrogens (tertiary/aromatic N) is 1. The van der Waals surface area contributed by atoms with Gasteiger partial charge in [0.15, 0.2) is 0 Å².